The van der Waals surface area contributed by atoms with E-state index in [1.807, 2.05) is 0 Å². The van der Waals surface area contributed by atoms with Crippen LogP contribution in [0.5, 0.6) is 0 Å². The van der Waals surface area contributed by atoms with Crippen molar-refractivity contribution in [3.63, 3.8) is 0 Å². The maximum Gasteiger partial charge on any atom is 0.289 e. The molecule has 0 aliphatic carbocycles. The molecule has 0 spiro atoms. The maximum atomic E-state index is 13.0. The summed E-state index contributed by atoms with van der Waals surface area (Å²) >= 11 is 0. The van der Waals surface area contributed by atoms with Crippen LogP contribution in [0.3, 0.4) is 0 Å². The normalized spacial score (nSPS) is 20.3. The zero-order valence-electron chi connectivity index (χ0n) is 16.5. The van der Waals surface area contributed by atoms with Crippen LogP contribution in [-0.2, 0) is 14.9 Å². The van der Waals surface area contributed by atoms with Gasteiger partial charge in [0.1, 0.15) is 0 Å². The Balaban J connectivity index is 2.00. The first-order valence-electron chi connectivity index (χ1n) is 9.99. The molecule has 1 saturated heterocycles. The van der Waals surface area contributed by atoms with E-state index in [4.69, 9.17) is 4.84 Å². The van der Waals surface area contributed by atoms with Crippen LogP contribution < -0.4 is 0 Å². The van der Waals surface area contributed by atoms with Crippen molar-refractivity contribution in [2.45, 2.75) is 81.8 Å². The number of hydroxylamine groups is 1. The number of benzene rings is 1. The summed E-state index contributed by atoms with van der Waals surface area (Å²) in [4.78, 5) is 15.9. The van der Waals surface area contributed by atoms with Gasteiger partial charge in [0.25, 0.3) is 15.7 Å². The first kappa shape index (κ1) is 22.5. The summed E-state index contributed by atoms with van der Waals surface area (Å²) in [5.41, 5.74) is -0.454. The van der Waals surface area contributed by atoms with E-state index in [1.54, 1.807) is 0 Å². The van der Waals surface area contributed by atoms with Crippen LogP contribution in [-0.4, -0.2) is 30.0 Å². The summed E-state index contributed by atoms with van der Waals surface area (Å²) in [7, 11) is -4.16. The van der Waals surface area contributed by atoms with Gasteiger partial charge >= 0.3 is 0 Å². The molecule has 1 aliphatic heterocycles. The van der Waals surface area contributed by atoms with Gasteiger partial charge in [-0.25, -0.2) is 8.42 Å². The summed E-state index contributed by atoms with van der Waals surface area (Å²) in [5.74, 6) is 0. The molecule has 2 atom stereocenters. The van der Waals surface area contributed by atoms with Crippen molar-refractivity contribution in [3.8, 4) is 0 Å². The monoisotopic (exact) mass is 410 g/mol. The van der Waals surface area contributed by atoms with Crippen LogP contribution in [0, 0.1) is 10.1 Å². The molecule has 156 valence electrons. The molecule has 0 aromatic heterocycles. The molecule has 1 aromatic rings. The van der Waals surface area contributed by atoms with E-state index in [9.17, 15) is 18.5 Å². The third-order valence-corrected chi connectivity index (χ3v) is 6.74. The molecule has 8 heteroatoms. The predicted molar refractivity (Wildman–Crippen MR) is 108 cm³/mol. The molecule has 1 aliphatic rings. The predicted octanol–water partition coefficient (Wildman–Crippen LogP) is 4.98. The zero-order chi connectivity index (χ0) is 20.6. The summed E-state index contributed by atoms with van der Waals surface area (Å²) in [6.07, 6.45) is 10.8. The Morgan fingerprint density at radius 3 is 2.50 bits per heavy atom. The van der Waals surface area contributed by atoms with Gasteiger partial charge in [0, 0.05) is 6.07 Å². The van der Waals surface area contributed by atoms with E-state index >= 15 is 0 Å². The number of nitro groups is 1. The summed E-state index contributed by atoms with van der Waals surface area (Å²) in [6.45, 7) is 5.90. The Morgan fingerprint density at radius 2 is 1.86 bits per heavy atom. The van der Waals surface area contributed by atoms with Gasteiger partial charge in [-0.15, -0.1) is 6.58 Å². The summed E-state index contributed by atoms with van der Waals surface area (Å²) in [5, 5.41) is 11.2. The topological polar surface area (TPSA) is 89.8 Å². The van der Waals surface area contributed by atoms with E-state index in [0.717, 1.165) is 23.7 Å². The van der Waals surface area contributed by atoms with E-state index in [-0.39, 0.29) is 11.0 Å². The van der Waals surface area contributed by atoms with Crippen LogP contribution >= 0.6 is 0 Å². The van der Waals surface area contributed by atoms with Crippen LogP contribution in [0.2, 0.25) is 0 Å². The lowest BCUT2D eigenvalue weighted by molar-refractivity contribution is -0.387. The molecule has 0 amide bonds. The lowest BCUT2D eigenvalue weighted by Crippen LogP contribution is -2.33. The van der Waals surface area contributed by atoms with E-state index in [0.29, 0.717) is 6.42 Å². The molecule has 7 nitrogen and oxygen atoms in total. The maximum absolute atomic E-state index is 13.0. The number of hydrogen-bond acceptors (Lipinski definition) is 5. The van der Waals surface area contributed by atoms with Gasteiger partial charge in [-0.1, -0.05) is 74.5 Å². The van der Waals surface area contributed by atoms with Gasteiger partial charge in [0.05, 0.1) is 17.1 Å². The fourth-order valence-electron chi connectivity index (χ4n) is 3.46. The Morgan fingerprint density at radius 1 is 1.21 bits per heavy atom. The molecular weight excluding hydrogens is 380 g/mol. The molecule has 0 radical (unpaired) electrons. The smallest absolute Gasteiger partial charge is 0.280 e. The quantitative estimate of drug-likeness (QED) is 0.210. The highest BCUT2D eigenvalue weighted by Crippen LogP contribution is 2.34. The number of rotatable bonds is 12. The molecule has 0 saturated carbocycles. The van der Waals surface area contributed by atoms with Crippen molar-refractivity contribution in [2.75, 3.05) is 0 Å². The molecule has 1 heterocycles. The standard InChI is InChI=1S/C20H30N2O5S/c1-3-5-6-7-8-9-10-13-18-16-17(4-2)22(27-18)28(25,26)20-15-12-11-14-19(20)21(23)24/h4,11-12,14-15,17-18H,2-3,5-10,13,16H2,1H3. The number of nitro benzene ring substituents is 1. The number of hydrogen-bond donors (Lipinski definition) is 0. The van der Waals surface area contributed by atoms with E-state index in [2.05, 4.69) is 13.5 Å². The molecule has 2 rings (SSSR count). The zero-order valence-corrected chi connectivity index (χ0v) is 17.3. The molecule has 0 N–H and O–H groups in total. The van der Waals surface area contributed by atoms with Gasteiger partial charge in [-0.05, 0) is 18.9 Å². The highest BCUT2D eigenvalue weighted by molar-refractivity contribution is 7.89. The number of para-hydroxylation sites is 1. The second kappa shape index (κ2) is 10.7. The lowest BCUT2D eigenvalue weighted by Gasteiger charge is -2.20. The van der Waals surface area contributed by atoms with E-state index < -0.39 is 26.7 Å². The van der Waals surface area contributed by atoms with Crippen molar-refractivity contribution >= 4 is 15.7 Å². The molecule has 0 bridgehead atoms. The van der Waals surface area contributed by atoms with Gasteiger partial charge < -0.3 is 0 Å². The SMILES string of the molecule is C=CC1CC(CCCCCCCCC)ON1S(=O)(=O)c1ccccc1[N+](=O)[O-]. The van der Waals surface area contributed by atoms with Gasteiger partial charge in [-0.3, -0.25) is 15.0 Å². The Hall–Kier alpha value is -1.77. The highest BCUT2D eigenvalue weighted by Gasteiger charge is 2.42. The highest BCUT2D eigenvalue weighted by atomic mass is 32.2. The van der Waals surface area contributed by atoms with Crippen molar-refractivity contribution in [2.24, 2.45) is 0 Å². The Kier molecular flexibility index (Phi) is 8.59. The minimum atomic E-state index is -4.16. The van der Waals surface area contributed by atoms with Crippen LogP contribution in [0.15, 0.2) is 41.8 Å². The summed E-state index contributed by atoms with van der Waals surface area (Å²) in [6, 6.07) is 4.80. The molecule has 1 aromatic carbocycles. The fraction of sp³-hybridized carbons (Fsp3) is 0.600. The molecule has 1 fully saturated rings. The number of nitrogens with zero attached hydrogens (tertiary/aromatic N) is 2. The second-order valence-corrected chi connectivity index (χ2v) is 8.91. The first-order chi connectivity index (χ1) is 13.4. The van der Waals surface area contributed by atoms with Crippen LogP contribution in [0.25, 0.3) is 0 Å². The van der Waals surface area contributed by atoms with Gasteiger partial charge in [-0.2, -0.15) is 0 Å². The Labute approximate surface area is 167 Å². The average Bonchev–Trinajstić information content (AvgIpc) is 3.11. The van der Waals surface area contributed by atoms with Gasteiger partial charge in [0.15, 0.2) is 4.90 Å². The molecule has 28 heavy (non-hydrogen) atoms. The number of sulfonamides is 1. The lowest BCUT2D eigenvalue weighted by atomic mass is 10.0. The van der Waals surface area contributed by atoms with Crippen molar-refractivity contribution in [3.05, 3.63) is 47.0 Å². The Bertz CT molecular complexity index is 766. The third kappa shape index (κ3) is 5.62. The molecule has 2 unspecified atom stereocenters. The molecular formula is C20H30N2O5S. The van der Waals surface area contributed by atoms with Crippen LogP contribution in [0.1, 0.15) is 64.7 Å². The van der Waals surface area contributed by atoms with Gasteiger partial charge in [0.2, 0.25) is 0 Å². The minimum absolute atomic E-state index is 0.226. The van der Waals surface area contributed by atoms with Crippen LogP contribution in [0.4, 0.5) is 5.69 Å². The fourth-order valence-corrected chi connectivity index (χ4v) is 5.08. The van der Waals surface area contributed by atoms with Crippen molar-refractivity contribution in [1.29, 1.82) is 0 Å². The second-order valence-electron chi connectivity index (χ2n) is 7.16. The van der Waals surface area contributed by atoms with E-state index in [1.165, 1.54) is 62.4 Å². The van der Waals surface area contributed by atoms with Crippen molar-refractivity contribution in [1.82, 2.24) is 4.47 Å². The first-order valence-corrected chi connectivity index (χ1v) is 11.4. The third-order valence-electron chi connectivity index (χ3n) is 5.01. The van der Waals surface area contributed by atoms with Crippen molar-refractivity contribution < 1.29 is 18.2 Å². The summed E-state index contributed by atoms with van der Waals surface area (Å²) < 4.78 is 26.9. The number of unbranched alkanes of at least 4 members (excludes halogenated alkanes) is 6. The average molecular weight is 411 g/mol. The largest absolute Gasteiger partial charge is 0.289 e. The minimum Gasteiger partial charge on any atom is -0.280 e.